The van der Waals surface area contributed by atoms with E-state index >= 15 is 0 Å². The number of para-hydroxylation sites is 1. The molecule has 1 aromatic carbocycles. The van der Waals surface area contributed by atoms with E-state index < -0.39 is 11.8 Å². The highest BCUT2D eigenvalue weighted by Crippen LogP contribution is 2.19. The van der Waals surface area contributed by atoms with Gasteiger partial charge in [0.15, 0.2) is 0 Å². The van der Waals surface area contributed by atoms with Crippen LogP contribution in [0.4, 0.5) is 5.69 Å². The van der Waals surface area contributed by atoms with Gasteiger partial charge >= 0.3 is 11.8 Å². The molecule has 0 aliphatic heterocycles. The van der Waals surface area contributed by atoms with Gasteiger partial charge in [-0.15, -0.1) is 0 Å². The molecule has 6 heteroatoms. The smallest absolute Gasteiger partial charge is 0.313 e. The molecule has 0 heterocycles. The molecule has 0 spiro atoms. The van der Waals surface area contributed by atoms with Crippen LogP contribution >= 0.6 is 0 Å². The summed E-state index contributed by atoms with van der Waals surface area (Å²) in [5.41, 5.74) is 2.34. The van der Waals surface area contributed by atoms with E-state index in [-0.39, 0.29) is 26.3 Å². The summed E-state index contributed by atoms with van der Waals surface area (Å²) in [6.07, 6.45) is 0. The maximum absolute atomic E-state index is 11.9. The van der Waals surface area contributed by atoms with Crippen LogP contribution in [0.25, 0.3) is 0 Å². The summed E-state index contributed by atoms with van der Waals surface area (Å²) in [6, 6.07) is 5.55. The van der Waals surface area contributed by atoms with Crippen molar-refractivity contribution in [2.75, 3.05) is 31.6 Å². The van der Waals surface area contributed by atoms with Gasteiger partial charge in [-0.3, -0.25) is 9.59 Å². The summed E-state index contributed by atoms with van der Waals surface area (Å²) in [4.78, 5) is 25.0. The fraction of sp³-hybridized carbons (Fsp3) is 0.429. The van der Waals surface area contributed by atoms with Crippen molar-refractivity contribution in [3.63, 3.8) is 0 Å². The first kappa shape index (κ1) is 16.1. The molecule has 0 atom stereocenters. The second-order valence-electron chi connectivity index (χ2n) is 4.46. The van der Waals surface area contributed by atoms with Crippen LogP contribution in [0.1, 0.15) is 11.1 Å². The lowest BCUT2D eigenvalue weighted by Gasteiger charge is -2.20. The lowest BCUT2D eigenvalue weighted by molar-refractivity contribution is -0.143. The minimum atomic E-state index is -0.774. The predicted molar refractivity (Wildman–Crippen MR) is 75.3 cm³/mol. The number of aryl methyl sites for hydroxylation is 2. The van der Waals surface area contributed by atoms with Crippen molar-refractivity contribution >= 4 is 17.5 Å². The Bertz CT molecular complexity index is 462. The Hall–Kier alpha value is -1.92. The Labute approximate surface area is 118 Å². The molecule has 0 fully saturated rings. The van der Waals surface area contributed by atoms with Crippen LogP contribution in [0.3, 0.4) is 0 Å². The zero-order valence-corrected chi connectivity index (χ0v) is 11.7. The summed E-state index contributed by atoms with van der Waals surface area (Å²) in [5, 5.41) is 20.3. The molecule has 1 aromatic rings. The first-order chi connectivity index (χ1) is 9.51. The fourth-order valence-electron chi connectivity index (χ4n) is 1.88. The third-order valence-electron chi connectivity index (χ3n) is 2.94. The summed E-state index contributed by atoms with van der Waals surface area (Å²) < 4.78 is 0. The number of aliphatic hydroxyl groups excluding tert-OH is 2. The number of carbonyl (C=O) groups is 2. The van der Waals surface area contributed by atoms with Crippen molar-refractivity contribution in [2.45, 2.75) is 13.8 Å². The van der Waals surface area contributed by atoms with Gasteiger partial charge in [0.2, 0.25) is 0 Å². The number of amides is 2. The summed E-state index contributed by atoms with van der Waals surface area (Å²) >= 11 is 0. The Morgan fingerprint density at radius 2 is 1.60 bits per heavy atom. The second kappa shape index (κ2) is 7.62. The predicted octanol–water partition coefficient (Wildman–Crippen LogP) is 0.0551. The molecule has 0 saturated carbocycles. The molecule has 0 aromatic heterocycles. The number of nitrogens with one attached hydrogen (secondary N) is 1. The van der Waals surface area contributed by atoms with Gasteiger partial charge in [0.1, 0.15) is 0 Å². The third-order valence-corrected chi connectivity index (χ3v) is 2.94. The lowest BCUT2D eigenvalue weighted by atomic mass is 10.1. The monoisotopic (exact) mass is 280 g/mol. The molecular formula is C14H20N2O4. The Morgan fingerprint density at radius 1 is 1.10 bits per heavy atom. The van der Waals surface area contributed by atoms with Crippen molar-refractivity contribution in [1.82, 2.24) is 4.90 Å². The van der Waals surface area contributed by atoms with E-state index in [0.717, 1.165) is 16.0 Å². The number of nitrogens with zero attached hydrogens (tertiary/aromatic N) is 1. The van der Waals surface area contributed by atoms with Crippen molar-refractivity contribution in [3.8, 4) is 0 Å². The van der Waals surface area contributed by atoms with Crippen LogP contribution in [0.2, 0.25) is 0 Å². The van der Waals surface area contributed by atoms with Crippen LogP contribution in [-0.2, 0) is 9.59 Å². The van der Waals surface area contributed by atoms with Gasteiger partial charge in [0.05, 0.1) is 13.2 Å². The Kier molecular flexibility index (Phi) is 6.14. The maximum atomic E-state index is 11.9. The quantitative estimate of drug-likeness (QED) is 0.665. The van der Waals surface area contributed by atoms with Crippen molar-refractivity contribution in [3.05, 3.63) is 29.3 Å². The average molecular weight is 280 g/mol. The van der Waals surface area contributed by atoms with Crippen LogP contribution in [0, 0.1) is 13.8 Å². The summed E-state index contributed by atoms with van der Waals surface area (Å²) in [5.74, 6) is -1.54. The Morgan fingerprint density at radius 3 is 2.05 bits per heavy atom. The van der Waals surface area contributed by atoms with Crippen molar-refractivity contribution < 1.29 is 19.8 Å². The number of hydrogen-bond acceptors (Lipinski definition) is 4. The number of hydrogen-bond donors (Lipinski definition) is 3. The number of anilines is 1. The van der Waals surface area contributed by atoms with Gasteiger partial charge in [-0.1, -0.05) is 18.2 Å². The van der Waals surface area contributed by atoms with Crippen molar-refractivity contribution in [1.29, 1.82) is 0 Å². The van der Waals surface area contributed by atoms with Crippen LogP contribution in [-0.4, -0.2) is 53.2 Å². The highest BCUT2D eigenvalue weighted by molar-refractivity contribution is 6.39. The molecule has 0 unspecified atom stereocenters. The summed E-state index contributed by atoms with van der Waals surface area (Å²) in [6.45, 7) is 3.18. The van der Waals surface area contributed by atoms with E-state index in [1.807, 2.05) is 32.0 Å². The van der Waals surface area contributed by atoms with Gasteiger partial charge in [-0.05, 0) is 25.0 Å². The Balaban J connectivity index is 2.81. The van der Waals surface area contributed by atoms with Crippen molar-refractivity contribution in [2.24, 2.45) is 0 Å². The molecule has 2 amide bonds. The summed E-state index contributed by atoms with van der Waals surface area (Å²) in [7, 11) is 0. The normalized spacial score (nSPS) is 10.2. The molecule has 110 valence electrons. The van der Waals surface area contributed by atoms with E-state index in [9.17, 15) is 9.59 Å². The van der Waals surface area contributed by atoms with E-state index in [2.05, 4.69) is 5.32 Å². The van der Waals surface area contributed by atoms with E-state index in [1.165, 1.54) is 0 Å². The zero-order valence-electron chi connectivity index (χ0n) is 11.7. The molecule has 0 saturated heterocycles. The van der Waals surface area contributed by atoms with Crippen LogP contribution < -0.4 is 5.32 Å². The molecule has 0 bridgehead atoms. The van der Waals surface area contributed by atoms with Crippen LogP contribution in [0.15, 0.2) is 18.2 Å². The average Bonchev–Trinajstić information content (AvgIpc) is 2.42. The molecule has 0 aliphatic rings. The molecule has 3 N–H and O–H groups in total. The first-order valence-corrected chi connectivity index (χ1v) is 6.39. The van der Waals surface area contributed by atoms with E-state index in [4.69, 9.17) is 10.2 Å². The molecule has 6 nitrogen and oxygen atoms in total. The minimum Gasteiger partial charge on any atom is -0.395 e. The highest BCUT2D eigenvalue weighted by atomic mass is 16.3. The number of benzene rings is 1. The zero-order chi connectivity index (χ0) is 15.1. The molecular weight excluding hydrogens is 260 g/mol. The first-order valence-electron chi connectivity index (χ1n) is 6.39. The van der Waals surface area contributed by atoms with Gasteiger partial charge in [-0.2, -0.15) is 0 Å². The van der Waals surface area contributed by atoms with Gasteiger partial charge in [-0.25, -0.2) is 0 Å². The number of aliphatic hydroxyl groups is 2. The molecule has 0 aliphatic carbocycles. The van der Waals surface area contributed by atoms with E-state index in [1.54, 1.807) is 0 Å². The maximum Gasteiger partial charge on any atom is 0.313 e. The number of rotatable bonds is 5. The molecule has 20 heavy (non-hydrogen) atoms. The molecule has 0 radical (unpaired) electrons. The lowest BCUT2D eigenvalue weighted by Crippen LogP contribution is -2.42. The van der Waals surface area contributed by atoms with E-state index in [0.29, 0.717) is 5.69 Å². The fourth-order valence-corrected chi connectivity index (χ4v) is 1.88. The minimum absolute atomic E-state index is 0.0135. The number of carbonyl (C=O) groups excluding carboxylic acids is 2. The topological polar surface area (TPSA) is 89.9 Å². The highest BCUT2D eigenvalue weighted by Gasteiger charge is 2.22. The van der Waals surface area contributed by atoms with Gasteiger partial charge in [0, 0.05) is 18.8 Å². The SMILES string of the molecule is Cc1cccc(C)c1NC(=O)C(=O)N(CCO)CCO. The largest absolute Gasteiger partial charge is 0.395 e. The van der Waals surface area contributed by atoms with Gasteiger partial charge < -0.3 is 20.4 Å². The standard InChI is InChI=1S/C14H20N2O4/c1-10-4-3-5-11(2)12(10)15-13(19)14(20)16(6-8-17)7-9-18/h3-5,17-18H,6-9H2,1-2H3,(H,15,19). The van der Waals surface area contributed by atoms with Crippen LogP contribution in [0.5, 0.6) is 0 Å². The molecule has 1 rings (SSSR count). The third kappa shape index (κ3) is 4.04. The van der Waals surface area contributed by atoms with Gasteiger partial charge in [0.25, 0.3) is 0 Å². The second-order valence-corrected chi connectivity index (χ2v) is 4.46.